The Balaban J connectivity index is 2.81. The first kappa shape index (κ1) is 22.8. The van der Waals surface area contributed by atoms with Crippen LogP contribution in [0.5, 0.6) is 11.5 Å². The van der Waals surface area contributed by atoms with Crippen molar-refractivity contribution in [2.24, 2.45) is 23.5 Å². The Labute approximate surface area is 160 Å². The van der Waals surface area contributed by atoms with Crippen LogP contribution in [0.25, 0.3) is 0 Å². The van der Waals surface area contributed by atoms with E-state index in [4.69, 9.17) is 19.9 Å². The van der Waals surface area contributed by atoms with E-state index in [0.717, 1.165) is 37.2 Å². The predicted molar refractivity (Wildman–Crippen MR) is 109 cm³/mol. The summed E-state index contributed by atoms with van der Waals surface area (Å²) in [6.07, 6.45) is 4.07. The fourth-order valence-electron chi connectivity index (χ4n) is 3.12. The highest BCUT2D eigenvalue weighted by Gasteiger charge is 2.21. The second-order valence-electron chi connectivity index (χ2n) is 7.67. The van der Waals surface area contributed by atoms with Crippen LogP contribution in [0.15, 0.2) is 18.2 Å². The highest BCUT2D eigenvalue weighted by Crippen LogP contribution is 2.31. The van der Waals surface area contributed by atoms with E-state index >= 15 is 0 Å². The van der Waals surface area contributed by atoms with Gasteiger partial charge >= 0.3 is 0 Å². The molecule has 0 aromatic heterocycles. The van der Waals surface area contributed by atoms with Crippen LogP contribution in [0.1, 0.15) is 52.5 Å². The molecule has 0 saturated carbocycles. The van der Waals surface area contributed by atoms with Crippen LogP contribution in [-0.2, 0) is 11.2 Å². The minimum absolute atomic E-state index is 0.260. The van der Waals surface area contributed by atoms with Crippen LogP contribution in [-0.4, -0.2) is 33.5 Å². The molecule has 0 spiro atoms. The van der Waals surface area contributed by atoms with Crippen molar-refractivity contribution in [3.63, 3.8) is 0 Å². The minimum Gasteiger partial charge on any atom is -0.493 e. The molecule has 0 radical (unpaired) electrons. The molecule has 1 rings (SSSR count). The van der Waals surface area contributed by atoms with E-state index in [1.165, 1.54) is 5.56 Å². The third-order valence-electron chi connectivity index (χ3n) is 5.37. The fraction of sp³-hybridized carbons (Fsp3) is 0.727. The van der Waals surface area contributed by atoms with E-state index < -0.39 is 0 Å². The van der Waals surface area contributed by atoms with Gasteiger partial charge in [0.25, 0.3) is 0 Å². The molecule has 0 saturated heterocycles. The molecule has 3 atom stereocenters. The standard InChI is InChI=1S/C22H39NO3/c1-7-17(4)20(23)15-19(16(2)3)13-18-9-10-21(25-6)22(14-18)26-12-8-11-24-5/h9-10,14,16-17,19-20H,7-8,11-13,15,23H2,1-6H3/t17-,19-,20-/m0/s1. The summed E-state index contributed by atoms with van der Waals surface area (Å²) in [5, 5.41) is 0. The average molecular weight is 366 g/mol. The van der Waals surface area contributed by atoms with Crippen molar-refractivity contribution < 1.29 is 14.2 Å². The van der Waals surface area contributed by atoms with E-state index in [1.54, 1.807) is 14.2 Å². The lowest BCUT2D eigenvalue weighted by molar-refractivity contribution is 0.170. The lowest BCUT2D eigenvalue weighted by atomic mass is 9.81. The first-order valence-electron chi connectivity index (χ1n) is 9.97. The van der Waals surface area contributed by atoms with Gasteiger partial charge in [-0.1, -0.05) is 40.2 Å². The zero-order valence-electron chi connectivity index (χ0n) is 17.6. The predicted octanol–water partition coefficient (Wildman–Crippen LogP) is 4.69. The van der Waals surface area contributed by atoms with Crippen molar-refractivity contribution >= 4 is 0 Å². The van der Waals surface area contributed by atoms with E-state index in [9.17, 15) is 0 Å². The van der Waals surface area contributed by atoms with Gasteiger partial charge in [-0.3, -0.25) is 0 Å². The molecule has 0 aliphatic carbocycles. The number of hydrogen-bond donors (Lipinski definition) is 1. The smallest absolute Gasteiger partial charge is 0.161 e. The van der Waals surface area contributed by atoms with Crippen LogP contribution >= 0.6 is 0 Å². The summed E-state index contributed by atoms with van der Waals surface area (Å²) in [5.41, 5.74) is 7.71. The monoisotopic (exact) mass is 365 g/mol. The Morgan fingerprint density at radius 1 is 1.04 bits per heavy atom. The molecule has 150 valence electrons. The fourth-order valence-corrected chi connectivity index (χ4v) is 3.12. The maximum absolute atomic E-state index is 6.43. The summed E-state index contributed by atoms with van der Waals surface area (Å²) in [4.78, 5) is 0. The molecule has 4 nitrogen and oxygen atoms in total. The summed E-state index contributed by atoms with van der Waals surface area (Å²) in [6.45, 7) is 10.4. The summed E-state index contributed by atoms with van der Waals surface area (Å²) in [5.74, 6) is 3.32. The Kier molecular flexibility index (Phi) is 10.7. The van der Waals surface area contributed by atoms with Crippen molar-refractivity contribution in [2.75, 3.05) is 27.4 Å². The van der Waals surface area contributed by atoms with Crippen molar-refractivity contribution in [2.45, 2.75) is 59.4 Å². The molecule has 0 fully saturated rings. The van der Waals surface area contributed by atoms with Gasteiger partial charge in [0.15, 0.2) is 11.5 Å². The van der Waals surface area contributed by atoms with Crippen LogP contribution in [0.4, 0.5) is 0 Å². The van der Waals surface area contributed by atoms with Gasteiger partial charge < -0.3 is 19.9 Å². The third-order valence-corrected chi connectivity index (χ3v) is 5.37. The largest absolute Gasteiger partial charge is 0.493 e. The van der Waals surface area contributed by atoms with Gasteiger partial charge in [-0.05, 0) is 48.3 Å². The summed E-state index contributed by atoms with van der Waals surface area (Å²) >= 11 is 0. The third kappa shape index (κ3) is 7.55. The van der Waals surface area contributed by atoms with Crippen LogP contribution < -0.4 is 15.2 Å². The highest BCUT2D eigenvalue weighted by atomic mass is 16.5. The average Bonchev–Trinajstić information content (AvgIpc) is 2.63. The topological polar surface area (TPSA) is 53.7 Å². The Hall–Kier alpha value is -1.26. The first-order valence-corrected chi connectivity index (χ1v) is 9.97. The van der Waals surface area contributed by atoms with Crippen molar-refractivity contribution in [3.8, 4) is 11.5 Å². The molecule has 0 heterocycles. The highest BCUT2D eigenvalue weighted by molar-refractivity contribution is 5.43. The number of hydrogen-bond acceptors (Lipinski definition) is 4. The molecule has 2 N–H and O–H groups in total. The van der Waals surface area contributed by atoms with Gasteiger partial charge in [-0.2, -0.15) is 0 Å². The van der Waals surface area contributed by atoms with Crippen molar-refractivity contribution in [3.05, 3.63) is 23.8 Å². The van der Waals surface area contributed by atoms with Gasteiger partial charge in [0, 0.05) is 26.2 Å². The van der Waals surface area contributed by atoms with Gasteiger partial charge in [0.2, 0.25) is 0 Å². The maximum Gasteiger partial charge on any atom is 0.161 e. The maximum atomic E-state index is 6.43. The van der Waals surface area contributed by atoms with Gasteiger partial charge in [0.1, 0.15) is 0 Å². The quantitative estimate of drug-likeness (QED) is 0.515. The zero-order valence-corrected chi connectivity index (χ0v) is 17.6. The molecular formula is C22H39NO3. The summed E-state index contributed by atoms with van der Waals surface area (Å²) in [7, 11) is 3.39. The van der Waals surface area contributed by atoms with E-state index in [0.29, 0.717) is 31.0 Å². The molecule has 0 aliphatic heterocycles. The lowest BCUT2D eigenvalue weighted by Crippen LogP contribution is -2.32. The van der Waals surface area contributed by atoms with Gasteiger partial charge in [-0.25, -0.2) is 0 Å². The van der Waals surface area contributed by atoms with Crippen LogP contribution in [0.3, 0.4) is 0 Å². The number of benzene rings is 1. The van der Waals surface area contributed by atoms with Crippen molar-refractivity contribution in [1.29, 1.82) is 0 Å². The Bertz CT molecular complexity index is 504. The second-order valence-corrected chi connectivity index (χ2v) is 7.67. The summed E-state index contributed by atoms with van der Waals surface area (Å²) in [6, 6.07) is 6.53. The number of rotatable bonds is 13. The molecule has 0 amide bonds. The molecule has 4 heteroatoms. The molecular weight excluding hydrogens is 326 g/mol. The van der Waals surface area contributed by atoms with Crippen molar-refractivity contribution in [1.82, 2.24) is 0 Å². The molecule has 0 unspecified atom stereocenters. The molecule has 0 aliphatic rings. The second kappa shape index (κ2) is 12.2. The van der Waals surface area contributed by atoms with E-state index in [1.807, 2.05) is 6.07 Å². The minimum atomic E-state index is 0.260. The molecule has 1 aromatic rings. The number of methoxy groups -OCH3 is 2. The normalized spacial score (nSPS) is 14.9. The van der Waals surface area contributed by atoms with Gasteiger partial charge in [-0.15, -0.1) is 0 Å². The summed E-state index contributed by atoms with van der Waals surface area (Å²) < 4.78 is 16.4. The number of nitrogens with two attached hydrogens (primary N) is 1. The van der Waals surface area contributed by atoms with Crippen LogP contribution in [0, 0.1) is 17.8 Å². The van der Waals surface area contributed by atoms with E-state index in [-0.39, 0.29) is 6.04 Å². The SMILES string of the molecule is CC[C@H](C)[C@@H](N)C[C@H](Cc1ccc(OC)c(OCCCOC)c1)C(C)C. The van der Waals surface area contributed by atoms with Crippen LogP contribution in [0.2, 0.25) is 0 Å². The zero-order chi connectivity index (χ0) is 19.5. The first-order chi connectivity index (χ1) is 12.4. The lowest BCUT2D eigenvalue weighted by Gasteiger charge is -2.27. The molecule has 0 bridgehead atoms. The molecule has 26 heavy (non-hydrogen) atoms. The van der Waals surface area contributed by atoms with E-state index in [2.05, 4.69) is 39.8 Å². The van der Waals surface area contributed by atoms with Gasteiger partial charge in [0.05, 0.1) is 13.7 Å². The Morgan fingerprint density at radius 3 is 2.35 bits per heavy atom. The Morgan fingerprint density at radius 2 is 1.77 bits per heavy atom. The molecule has 1 aromatic carbocycles. The number of ether oxygens (including phenoxy) is 3.